The highest BCUT2D eigenvalue weighted by Crippen LogP contribution is 2.33. The van der Waals surface area contributed by atoms with E-state index in [9.17, 15) is 31.2 Å². The van der Waals surface area contributed by atoms with Crippen molar-refractivity contribution >= 4 is 27.8 Å². The number of aromatic nitrogens is 2. The third-order valence-corrected chi connectivity index (χ3v) is 7.36. The van der Waals surface area contributed by atoms with Crippen molar-refractivity contribution in [3.05, 3.63) is 65.9 Å². The summed E-state index contributed by atoms with van der Waals surface area (Å²) in [6, 6.07) is 11.3. The van der Waals surface area contributed by atoms with Crippen LogP contribution in [0.15, 0.2) is 64.6 Å². The van der Waals surface area contributed by atoms with Crippen LogP contribution < -0.4 is 21.1 Å². The number of nitrogens with two attached hydrogens (primary N) is 1. The third kappa shape index (κ3) is 8.45. The number of alkyl halides is 3. The van der Waals surface area contributed by atoms with Crippen LogP contribution in [0.5, 0.6) is 0 Å². The zero-order valence-electron chi connectivity index (χ0n) is 22.6. The summed E-state index contributed by atoms with van der Waals surface area (Å²) in [5.74, 6) is -1.71. The van der Waals surface area contributed by atoms with E-state index in [-0.39, 0.29) is 28.7 Å². The fourth-order valence-electron chi connectivity index (χ4n) is 3.91. The molecule has 6 N–H and O–H groups in total. The molecule has 1 atom stereocenters. The summed E-state index contributed by atoms with van der Waals surface area (Å²) < 4.78 is 69.3. The van der Waals surface area contributed by atoms with Gasteiger partial charge in [-0.25, -0.2) is 17.8 Å². The summed E-state index contributed by atoms with van der Waals surface area (Å²) in [5, 5.41) is 20.0. The average molecular weight is 610 g/mol. The van der Waals surface area contributed by atoms with Crippen molar-refractivity contribution in [2.45, 2.75) is 50.2 Å². The van der Waals surface area contributed by atoms with Gasteiger partial charge in [0.05, 0.1) is 16.3 Å². The molecule has 0 aliphatic carbocycles. The minimum absolute atomic E-state index is 0.0976. The van der Waals surface area contributed by atoms with E-state index in [4.69, 9.17) is 10.9 Å². The van der Waals surface area contributed by atoms with Crippen LogP contribution in [0.4, 0.5) is 13.2 Å². The lowest BCUT2D eigenvalue weighted by Gasteiger charge is -2.18. The first-order chi connectivity index (χ1) is 19.7. The number of nitrogens with zero attached hydrogens (tertiary/aromatic N) is 3. The van der Waals surface area contributed by atoms with E-state index in [1.165, 1.54) is 19.1 Å². The fourth-order valence-corrected chi connectivity index (χ4v) is 4.93. The van der Waals surface area contributed by atoms with Gasteiger partial charge < -0.3 is 21.6 Å². The number of hydrogen-bond acceptors (Lipinski definition) is 7. The summed E-state index contributed by atoms with van der Waals surface area (Å²) in [6.45, 7) is 3.32. The van der Waals surface area contributed by atoms with Crippen LogP contribution in [0.2, 0.25) is 0 Å². The van der Waals surface area contributed by atoms with Gasteiger partial charge in [0.15, 0.2) is 5.69 Å². The van der Waals surface area contributed by atoms with E-state index in [2.05, 4.69) is 20.9 Å². The largest absolute Gasteiger partial charge is 0.435 e. The summed E-state index contributed by atoms with van der Waals surface area (Å²) in [5.41, 5.74) is 5.87. The van der Waals surface area contributed by atoms with E-state index < -0.39 is 39.7 Å². The maximum absolute atomic E-state index is 13.5. The number of halogens is 3. The van der Waals surface area contributed by atoms with E-state index >= 15 is 0 Å². The topological polar surface area (TPSA) is 181 Å². The molecule has 2 aromatic carbocycles. The number of benzene rings is 2. The monoisotopic (exact) mass is 609 g/mol. The van der Waals surface area contributed by atoms with Crippen LogP contribution in [0.3, 0.4) is 0 Å². The van der Waals surface area contributed by atoms with Gasteiger partial charge in [-0.15, -0.1) is 0 Å². The van der Waals surface area contributed by atoms with Crippen LogP contribution >= 0.6 is 0 Å². The second-order valence-electron chi connectivity index (χ2n) is 9.31. The molecule has 0 radical (unpaired) electrons. The molecule has 0 saturated carbocycles. The van der Waals surface area contributed by atoms with Gasteiger partial charge in [-0.05, 0) is 56.5 Å². The van der Waals surface area contributed by atoms with E-state index in [1.54, 1.807) is 24.3 Å². The average Bonchev–Trinajstić information content (AvgIpc) is 3.38. The molecule has 3 rings (SSSR count). The molecule has 1 heterocycles. The number of carbonyl (C=O) groups is 2. The SMILES string of the molecule is CC(=O)N[C@@H](CCCCN/C(N)=N\O)C(=O)NS(=O)(=O)c1ccc(-n2nc(C(F)(F)F)cc2-c2ccc(C)cc2)cc1. The van der Waals surface area contributed by atoms with Gasteiger partial charge in [0.25, 0.3) is 15.9 Å². The number of carbonyl (C=O) groups excluding carboxylic acids is 2. The van der Waals surface area contributed by atoms with Crippen LogP contribution in [0.25, 0.3) is 16.9 Å². The fraction of sp³-hybridized carbons (Fsp3) is 0.308. The standard InChI is InChI=1S/C26H30F3N7O5S/c1-16-6-8-18(9-7-16)22-15-23(26(27,28)29)33-36(22)19-10-12-20(13-11-19)42(40,41)35-24(38)21(32-17(2)37)5-3-4-14-31-25(30)34-39/h6-13,15,21,39H,3-5,14H2,1-2H3,(H,32,37)(H,35,38)(H3,30,31,34)/t21-/m0/s1. The van der Waals surface area contributed by atoms with E-state index in [1.807, 2.05) is 11.6 Å². The number of guanidine groups is 1. The predicted octanol–water partition coefficient (Wildman–Crippen LogP) is 2.64. The number of sulfonamides is 1. The highest BCUT2D eigenvalue weighted by atomic mass is 32.2. The smallest absolute Gasteiger partial charge is 0.408 e. The molecule has 16 heteroatoms. The molecule has 0 spiro atoms. The van der Waals surface area contributed by atoms with Gasteiger partial charge in [-0.2, -0.15) is 18.3 Å². The lowest BCUT2D eigenvalue weighted by Crippen LogP contribution is -2.47. The quantitative estimate of drug-likeness (QED) is 0.0723. The van der Waals surface area contributed by atoms with Crippen LogP contribution in [-0.2, 0) is 25.8 Å². The van der Waals surface area contributed by atoms with Crippen molar-refractivity contribution in [1.29, 1.82) is 0 Å². The molecule has 0 aliphatic heterocycles. The summed E-state index contributed by atoms with van der Waals surface area (Å²) in [6.07, 6.45) is -3.77. The predicted molar refractivity (Wildman–Crippen MR) is 147 cm³/mol. The van der Waals surface area contributed by atoms with Crippen molar-refractivity contribution < 1.29 is 36.4 Å². The van der Waals surface area contributed by atoms with Gasteiger partial charge in [0.1, 0.15) is 6.04 Å². The molecule has 0 bridgehead atoms. The first-order valence-corrected chi connectivity index (χ1v) is 14.1. The van der Waals surface area contributed by atoms with Gasteiger partial charge in [-0.1, -0.05) is 35.0 Å². The number of amides is 2. The Labute approximate surface area is 239 Å². The number of nitrogens with one attached hydrogen (secondary N) is 3. The van der Waals surface area contributed by atoms with Crippen molar-refractivity contribution in [2.24, 2.45) is 10.9 Å². The molecule has 0 unspecified atom stereocenters. The van der Waals surface area contributed by atoms with Gasteiger partial charge in [0.2, 0.25) is 11.9 Å². The molecule has 12 nitrogen and oxygen atoms in total. The number of oxime groups is 1. The Morgan fingerprint density at radius 3 is 2.31 bits per heavy atom. The lowest BCUT2D eigenvalue weighted by molar-refractivity contribution is -0.141. The molecule has 0 saturated heterocycles. The van der Waals surface area contributed by atoms with Crippen LogP contribution in [0.1, 0.15) is 37.4 Å². The zero-order valence-corrected chi connectivity index (χ0v) is 23.5. The number of unbranched alkanes of at least 4 members (excludes halogenated alkanes) is 1. The van der Waals surface area contributed by atoms with Crippen molar-refractivity contribution in [2.75, 3.05) is 6.54 Å². The Balaban J connectivity index is 1.79. The third-order valence-electron chi connectivity index (χ3n) is 6.00. The van der Waals surface area contributed by atoms with Gasteiger partial charge >= 0.3 is 6.18 Å². The van der Waals surface area contributed by atoms with E-state index in [0.717, 1.165) is 28.4 Å². The molecule has 226 valence electrons. The highest BCUT2D eigenvalue weighted by Gasteiger charge is 2.35. The highest BCUT2D eigenvalue weighted by molar-refractivity contribution is 7.90. The maximum Gasteiger partial charge on any atom is 0.435 e. The summed E-state index contributed by atoms with van der Waals surface area (Å²) in [4.78, 5) is 24.1. The Hall–Kier alpha value is -4.60. The van der Waals surface area contributed by atoms with Crippen molar-refractivity contribution in [3.8, 4) is 16.9 Å². The molecule has 1 aromatic heterocycles. The van der Waals surface area contributed by atoms with Crippen LogP contribution in [0, 0.1) is 6.92 Å². The molecule has 0 fully saturated rings. The Morgan fingerprint density at radius 2 is 1.74 bits per heavy atom. The first-order valence-electron chi connectivity index (χ1n) is 12.6. The van der Waals surface area contributed by atoms with Gasteiger partial charge in [-0.3, -0.25) is 9.59 Å². The van der Waals surface area contributed by atoms with Crippen molar-refractivity contribution in [3.63, 3.8) is 0 Å². The Bertz CT molecular complexity index is 1540. The number of rotatable bonds is 11. The molecule has 0 aliphatic rings. The maximum atomic E-state index is 13.5. The normalized spacial score (nSPS) is 12.9. The van der Waals surface area contributed by atoms with Crippen molar-refractivity contribution in [1.82, 2.24) is 25.1 Å². The summed E-state index contributed by atoms with van der Waals surface area (Å²) >= 11 is 0. The van der Waals surface area contributed by atoms with Gasteiger partial charge in [0, 0.05) is 19.0 Å². The van der Waals surface area contributed by atoms with E-state index in [0.29, 0.717) is 24.9 Å². The number of aryl methyl sites for hydroxylation is 1. The summed E-state index contributed by atoms with van der Waals surface area (Å²) in [7, 11) is -4.41. The molecule has 2 amide bonds. The molecular weight excluding hydrogens is 579 g/mol. The van der Waals surface area contributed by atoms with Crippen LogP contribution in [-0.4, -0.2) is 53.8 Å². The minimum atomic E-state index is -4.71. The number of hydrogen-bond donors (Lipinski definition) is 5. The first kappa shape index (κ1) is 31.9. The second-order valence-corrected chi connectivity index (χ2v) is 11.0. The lowest BCUT2D eigenvalue weighted by atomic mass is 10.1. The Morgan fingerprint density at radius 1 is 1.10 bits per heavy atom. The zero-order chi connectivity index (χ0) is 31.1. The second kappa shape index (κ2) is 13.4. The Kier molecular flexibility index (Phi) is 10.2. The minimum Gasteiger partial charge on any atom is -0.408 e. The molecular formula is C26H30F3N7O5S. The molecule has 42 heavy (non-hydrogen) atoms. The molecule has 3 aromatic rings.